The normalized spacial score (nSPS) is 21.0. The van der Waals surface area contributed by atoms with Crippen molar-refractivity contribution < 1.29 is 19.3 Å². The van der Waals surface area contributed by atoms with Crippen LogP contribution < -0.4 is 0 Å². The van der Waals surface area contributed by atoms with Gasteiger partial charge in [-0.2, -0.15) is 0 Å². The van der Waals surface area contributed by atoms with Crippen LogP contribution in [0.15, 0.2) is 0 Å². The average molecular weight is 206 g/mol. The lowest BCUT2D eigenvalue weighted by Crippen LogP contribution is -2.13. The third kappa shape index (κ3) is 9.92. The van der Waals surface area contributed by atoms with Crippen LogP contribution in [-0.2, 0) is 14.2 Å². The molecule has 14 heavy (non-hydrogen) atoms. The van der Waals surface area contributed by atoms with Gasteiger partial charge in [0, 0.05) is 13.7 Å². The Morgan fingerprint density at radius 3 is 2.43 bits per heavy atom. The van der Waals surface area contributed by atoms with Gasteiger partial charge in [-0.1, -0.05) is 6.92 Å². The lowest BCUT2D eigenvalue weighted by molar-refractivity contribution is 0.0408. The van der Waals surface area contributed by atoms with Crippen molar-refractivity contribution in [3.05, 3.63) is 0 Å². The highest BCUT2D eigenvalue weighted by Gasteiger charge is 2.21. The predicted molar refractivity (Wildman–Crippen MR) is 54.4 cm³/mol. The maximum Gasteiger partial charge on any atom is 0.104 e. The highest BCUT2D eigenvalue weighted by Crippen LogP contribution is 2.06. The maximum atomic E-state index is 8.86. The van der Waals surface area contributed by atoms with E-state index >= 15 is 0 Å². The molecule has 1 heterocycles. The molecule has 0 aromatic heterocycles. The summed E-state index contributed by atoms with van der Waals surface area (Å²) in [7, 11) is 1.68. The molecule has 0 amide bonds. The summed E-state index contributed by atoms with van der Waals surface area (Å²) >= 11 is 0. The monoisotopic (exact) mass is 206 g/mol. The summed E-state index contributed by atoms with van der Waals surface area (Å²) < 4.78 is 14.5. The summed E-state index contributed by atoms with van der Waals surface area (Å²) in [4.78, 5) is 0. The fraction of sp³-hybridized carbons (Fsp3) is 1.00. The summed E-state index contributed by atoms with van der Waals surface area (Å²) in [5.41, 5.74) is 0. The Balaban J connectivity index is 0.000000249. The van der Waals surface area contributed by atoms with Gasteiger partial charge in [0.05, 0.1) is 25.9 Å². The first kappa shape index (κ1) is 13.8. The van der Waals surface area contributed by atoms with Crippen LogP contribution >= 0.6 is 0 Å². The predicted octanol–water partition coefficient (Wildman–Crippen LogP) is 0.825. The minimum absolute atomic E-state index is 0.269. The van der Waals surface area contributed by atoms with Gasteiger partial charge in [-0.3, -0.25) is 0 Å². The van der Waals surface area contributed by atoms with Crippen LogP contribution in [0.3, 0.4) is 0 Å². The van der Waals surface area contributed by atoms with Crippen molar-refractivity contribution in [2.75, 3.05) is 33.5 Å². The molecule has 1 aliphatic rings. The van der Waals surface area contributed by atoms with Crippen LogP contribution in [0.1, 0.15) is 20.3 Å². The molecule has 0 bridgehead atoms. The summed E-state index contributed by atoms with van der Waals surface area (Å²) in [6.07, 6.45) is 0.935. The van der Waals surface area contributed by atoms with Gasteiger partial charge >= 0.3 is 0 Å². The standard InChI is InChI=1S/C6H14O2.C4H8O2/c1-3-6(7)5-8-4-2;1-5-2-4-3-6-4/h6-7H,3-5H2,1-2H3;4H,2-3H2,1H3. The van der Waals surface area contributed by atoms with E-state index in [1.54, 1.807) is 7.11 Å². The minimum atomic E-state index is -0.269. The van der Waals surface area contributed by atoms with Gasteiger partial charge in [0.2, 0.25) is 0 Å². The smallest absolute Gasteiger partial charge is 0.104 e. The molecular formula is C10H22O4. The Labute approximate surface area is 86.2 Å². The SMILES string of the molecule is CCOCC(O)CC.COCC1CO1. The van der Waals surface area contributed by atoms with E-state index in [1.165, 1.54) is 0 Å². The molecule has 0 aliphatic carbocycles. The van der Waals surface area contributed by atoms with E-state index in [0.29, 0.717) is 19.3 Å². The third-order valence-electron chi connectivity index (χ3n) is 1.74. The summed E-state index contributed by atoms with van der Waals surface area (Å²) in [5.74, 6) is 0. The second kappa shape index (κ2) is 9.40. The van der Waals surface area contributed by atoms with Crippen LogP contribution in [-0.4, -0.2) is 50.9 Å². The van der Waals surface area contributed by atoms with Gasteiger partial charge in [0.25, 0.3) is 0 Å². The quantitative estimate of drug-likeness (QED) is 0.654. The Morgan fingerprint density at radius 2 is 2.14 bits per heavy atom. The molecule has 0 radical (unpaired) electrons. The van der Waals surface area contributed by atoms with E-state index in [-0.39, 0.29) is 6.10 Å². The zero-order valence-electron chi connectivity index (χ0n) is 9.36. The van der Waals surface area contributed by atoms with E-state index in [0.717, 1.165) is 19.6 Å². The van der Waals surface area contributed by atoms with Gasteiger partial charge in [-0.15, -0.1) is 0 Å². The van der Waals surface area contributed by atoms with Gasteiger partial charge in [-0.05, 0) is 13.3 Å². The lowest BCUT2D eigenvalue weighted by atomic mass is 10.3. The zero-order chi connectivity index (χ0) is 10.8. The average Bonchev–Trinajstić information content (AvgIpc) is 2.99. The molecule has 1 aliphatic heterocycles. The Kier molecular flexibility index (Phi) is 9.29. The second-order valence-electron chi connectivity index (χ2n) is 3.13. The molecule has 1 saturated heterocycles. The molecule has 2 atom stereocenters. The van der Waals surface area contributed by atoms with Crippen molar-refractivity contribution in [1.82, 2.24) is 0 Å². The van der Waals surface area contributed by atoms with Crippen molar-refractivity contribution >= 4 is 0 Å². The molecule has 1 fully saturated rings. The molecule has 0 spiro atoms. The highest BCUT2D eigenvalue weighted by molar-refractivity contribution is 4.66. The van der Waals surface area contributed by atoms with Crippen LogP contribution in [0.4, 0.5) is 0 Å². The number of aliphatic hydroxyl groups excluding tert-OH is 1. The number of hydrogen-bond donors (Lipinski definition) is 1. The molecular weight excluding hydrogens is 184 g/mol. The van der Waals surface area contributed by atoms with Gasteiger partial charge in [0.1, 0.15) is 6.10 Å². The fourth-order valence-electron chi connectivity index (χ4n) is 0.722. The van der Waals surface area contributed by atoms with Crippen molar-refractivity contribution in [2.45, 2.75) is 32.5 Å². The number of rotatable bonds is 6. The van der Waals surface area contributed by atoms with E-state index in [9.17, 15) is 0 Å². The first-order valence-corrected chi connectivity index (χ1v) is 5.10. The summed E-state index contributed by atoms with van der Waals surface area (Å²) in [5, 5.41) is 8.86. The number of hydrogen-bond acceptors (Lipinski definition) is 4. The Bertz CT molecular complexity index is 115. The number of epoxide rings is 1. The summed E-state index contributed by atoms with van der Waals surface area (Å²) in [6.45, 7) is 6.68. The molecule has 1 rings (SSSR count). The van der Waals surface area contributed by atoms with Crippen LogP contribution in [0.2, 0.25) is 0 Å². The van der Waals surface area contributed by atoms with E-state index in [2.05, 4.69) is 0 Å². The Morgan fingerprint density at radius 1 is 1.50 bits per heavy atom. The van der Waals surface area contributed by atoms with Gasteiger partial charge in [0.15, 0.2) is 0 Å². The van der Waals surface area contributed by atoms with Crippen molar-refractivity contribution in [3.63, 3.8) is 0 Å². The van der Waals surface area contributed by atoms with Crippen LogP contribution in [0.5, 0.6) is 0 Å². The van der Waals surface area contributed by atoms with Crippen molar-refractivity contribution in [2.24, 2.45) is 0 Å². The van der Waals surface area contributed by atoms with E-state index < -0.39 is 0 Å². The maximum absolute atomic E-state index is 8.86. The molecule has 0 aromatic carbocycles. The van der Waals surface area contributed by atoms with Crippen molar-refractivity contribution in [1.29, 1.82) is 0 Å². The molecule has 0 saturated carbocycles. The fourth-order valence-corrected chi connectivity index (χ4v) is 0.722. The second-order valence-corrected chi connectivity index (χ2v) is 3.13. The highest BCUT2D eigenvalue weighted by atomic mass is 16.6. The van der Waals surface area contributed by atoms with Crippen molar-refractivity contribution in [3.8, 4) is 0 Å². The molecule has 4 nitrogen and oxygen atoms in total. The number of ether oxygens (including phenoxy) is 3. The molecule has 86 valence electrons. The van der Waals surface area contributed by atoms with Crippen LogP contribution in [0.25, 0.3) is 0 Å². The molecule has 0 aromatic rings. The third-order valence-corrected chi connectivity index (χ3v) is 1.74. The number of aliphatic hydroxyl groups is 1. The van der Waals surface area contributed by atoms with Gasteiger partial charge in [-0.25, -0.2) is 0 Å². The van der Waals surface area contributed by atoms with E-state index in [4.69, 9.17) is 19.3 Å². The first-order valence-electron chi connectivity index (χ1n) is 5.10. The molecule has 4 heteroatoms. The minimum Gasteiger partial charge on any atom is -0.391 e. The Hall–Kier alpha value is -0.160. The van der Waals surface area contributed by atoms with Crippen LogP contribution in [0, 0.1) is 0 Å². The summed E-state index contributed by atoms with van der Waals surface area (Å²) in [6, 6.07) is 0. The lowest BCUT2D eigenvalue weighted by Gasteiger charge is -2.05. The van der Waals surface area contributed by atoms with E-state index in [1.807, 2.05) is 13.8 Å². The first-order chi connectivity index (χ1) is 6.74. The topological polar surface area (TPSA) is 51.2 Å². The number of methoxy groups -OCH3 is 1. The molecule has 1 N–H and O–H groups in total. The largest absolute Gasteiger partial charge is 0.391 e. The zero-order valence-corrected chi connectivity index (χ0v) is 9.36. The molecule has 2 unspecified atom stereocenters. The van der Waals surface area contributed by atoms with Gasteiger partial charge < -0.3 is 19.3 Å².